The molecule has 8 nitrogen and oxygen atoms in total. The quantitative estimate of drug-likeness (QED) is 0.548. The fraction of sp³-hybridized carbons (Fsp3) is 0.286. The van der Waals surface area contributed by atoms with E-state index in [0.29, 0.717) is 5.69 Å². The van der Waals surface area contributed by atoms with E-state index < -0.39 is 9.85 Å². The number of allylic oxidation sites excluding steroid dienone is 1. The van der Waals surface area contributed by atoms with E-state index in [0.717, 1.165) is 0 Å². The summed E-state index contributed by atoms with van der Waals surface area (Å²) in [5.41, 5.74) is 0.212. The van der Waals surface area contributed by atoms with Crippen LogP contribution in [0.1, 0.15) is 12.6 Å². The third-order valence-electron chi connectivity index (χ3n) is 1.81. The number of nitrogens with zero attached hydrogens (tertiary/aromatic N) is 4. The standard InChI is InChI=1S/C7H8N4O4/c1-5(10(12)13)3-6-4-8-7(9(6)2)11(14)15/h3-4H,1-2H3/b5-3+. The largest absolute Gasteiger partial charge is 0.434 e. The van der Waals surface area contributed by atoms with Crippen molar-refractivity contribution in [3.05, 3.63) is 37.8 Å². The lowest BCUT2D eigenvalue weighted by Gasteiger charge is -1.94. The Labute approximate surface area is 84.1 Å². The van der Waals surface area contributed by atoms with Crippen molar-refractivity contribution in [2.75, 3.05) is 0 Å². The Balaban J connectivity index is 3.13. The molecular formula is C7H8N4O4. The van der Waals surface area contributed by atoms with Crippen LogP contribution in [0.25, 0.3) is 6.08 Å². The van der Waals surface area contributed by atoms with Gasteiger partial charge in [-0.15, -0.1) is 0 Å². The van der Waals surface area contributed by atoms with Gasteiger partial charge >= 0.3 is 5.95 Å². The van der Waals surface area contributed by atoms with Gasteiger partial charge in [0, 0.05) is 6.92 Å². The van der Waals surface area contributed by atoms with Gasteiger partial charge in [-0.3, -0.25) is 10.1 Å². The smallest absolute Gasteiger partial charge is 0.390 e. The number of rotatable bonds is 3. The Kier molecular flexibility index (Phi) is 2.79. The van der Waals surface area contributed by atoms with Crippen LogP contribution in [0, 0.1) is 20.2 Å². The number of imidazole rings is 1. The molecule has 0 saturated carbocycles. The van der Waals surface area contributed by atoms with E-state index in [4.69, 9.17) is 0 Å². The summed E-state index contributed by atoms with van der Waals surface area (Å²) in [5.74, 6) is -0.350. The van der Waals surface area contributed by atoms with E-state index in [1.54, 1.807) is 0 Å². The number of hydrogen-bond donors (Lipinski definition) is 0. The monoisotopic (exact) mass is 212 g/mol. The Morgan fingerprint density at radius 1 is 1.53 bits per heavy atom. The van der Waals surface area contributed by atoms with Gasteiger partial charge in [-0.2, -0.15) is 0 Å². The first kappa shape index (κ1) is 10.8. The second-order valence-corrected chi connectivity index (χ2v) is 2.84. The molecule has 0 radical (unpaired) electrons. The minimum atomic E-state index is -0.654. The molecule has 0 fully saturated rings. The molecular weight excluding hydrogens is 204 g/mol. The Bertz CT molecular complexity index is 448. The average Bonchev–Trinajstić information content (AvgIpc) is 2.48. The van der Waals surface area contributed by atoms with Gasteiger partial charge in [0.05, 0.1) is 18.0 Å². The molecule has 0 unspecified atom stereocenters. The summed E-state index contributed by atoms with van der Waals surface area (Å²) < 4.78 is 1.17. The van der Waals surface area contributed by atoms with Crippen molar-refractivity contribution >= 4 is 12.0 Å². The van der Waals surface area contributed by atoms with E-state index in [1.165, 1.54) is 30.8 Å². The molecule has 0 amide bonds. The summed E-state index contributed by atoms with van der Waals surface area (Å²) in [4.78, 5) is 23.1. The van der Waals surface area contributed by atoms with Gasteiger partial charge in [-0.05, 0) is 4.92 Å². The molecule has 1 rings (SSSR count). The average molecular weight is 212 g/mol. The lowest BCUT2D eigenvalue weighted by Crippen LogP contribution is -2.00. The zero-order valence-electron chi connectivity index (χ0n) is 8.08. The number of nitro groups is 2. The van der Waals surface area contributed by atoms with Crippen LogP contribution in [-0.4, -0.2) is 19.4 Å². The molecule has 0 aliphatic rings. The highest BCUT2D eigenvalue weighted by atomic mass is 16.6. The second kappa shape index (κ2) is 3.86. The molecule has 0 bridgehead atoms. The van der Waals surface area contributed by atoms with Crippen molar-refractivity contribution in [3.8, 4) is 0 Å². The van der Waals surface area contributed by atoms with E-state index in [1.807, 2.05) is 0 Å². The van der Waals surface area contributed by atoms with Crippen LogP contribution < -0.4 is 0 Å². The number of aromatic nitrogens is 2. The van der Waals surface area contributed by atoms with Crippen molar-refractivity contribution < 1.29 is 9.85 Å². The third-order valence-corrected chi connectivity index (χ3v) is 1.81. The Hall–Kier alpha value is -2.25. The zero-order valence-corrected chi connectivity index (χ0v) is 8.08. The zero-order chi connectivity index (χ0) is 11.6. The highest BCUT2D eigenvalue weighted by molar-refractivity contribution is 5.47. The maximum Gasteiger partial charge on any atom is 0.434 e. The minimum Gasteiger partial charge on any atom is -0.390 e. The van der Waals surface area contributed by atoms with E-state index in [9.17, 15) is 20.2 Å². The van der Waals surface area contributed by atoms with Crippen molar-refractivity contribution in [2.24, 2.45) is 7.05 Å². The molecule has 0 N–H and O–H groups in total. The molecule has 1 aromatic rings. The molecule has 0 aliphatic heterocycles. The molecule has 0 atom stereocenters. The van der Waals surface area contributed by atoms with Crippen LogP contribution in [0.15, 0.2) is 11.9 Å². The van der Waals surface area contributed by atoms with Crippen LogP contribution >= 0.6 is 0 Å². The lowest BCUT2D eigenvalue weighted by atomic mass is 10.3. The Morgan fingerprint density at radius 3 is 2.53 bits per heavy atom. The van der Waals surface area contributed by atoms with Crippen molar-refractivity contribution in [2.45, 2.75) is 6.92 Å². The van der Waals surface area contributed by atoms with Crippen LogP contribution in [0.4, 0.5) is 5.95 Å². The van der Waals surface area contributed by atoms with Gasteiger partial charge in [0.2, 0.25) is 5.70 Å². The molecule has 1 aromatic heterocycles. The first-order chi connectivity index (χ1) is 6.93. The van der Waals surface area contributed by atoms with Crippen LogP contribution in [0.3, 0.4) is 0 Å². The van der Waals surface area contributed by atoms with Crippen LogP contribution in [0.2, 0.25) is 0 Å². The van der Waals surface area contributed by atoms with Gasteiger partial charge in [0.1, 0.15) is 11.9 Å². The van der Waals surface area contributed by atoms with Crippen molar-refractivity contribution in [1.29, 1.82) is 0 Å². The summed E-state index contributed by atoms with van der Waals surface area (Å²) in [5, 5.41) is 20.8. The molecule has 0 aromatic carbocycles. The normalized spacial score (nSPS) is 11.5. The summed E-state index contributed by atoms with van der Waals surface area (Å²) in [6.45, 7) is 1.30. The fourth-order valence-electron chi connectivity index (χ4n) is 0.983. The van der Waals surface area contributed by atoms with E-state index >= 15 is 0 Å². The maximum absolute atomic E-state index is 10.4. The third kappa shape index (κ3) is 2.16. The molecule has 8 heteroatoms. The summed E-state index contributed by atoms with van der Waals surface area (Å²) in [6, 6.07) is 0. The predicted octanol–water partition coefficient (Wildman–Crippen LogP) is 0.966. The van der Waals surface area contributed by atoms with Crippen molar-refractivity contribution in [1.82, 2.24) is 9.55 Å². The molecule has 0 spiro atoms. The summed E-state index contributed by atoms with van der Waals surface area (Å²) in [6.07, 6.45) is 2.44. The predicted molar refractivity (Wildman–Crippen MR) is 50.5 cm³/mol. The summed E-state index contributed by atoms with van der Waals surface area (Å²) >= 11 is 0. The molecule has 15 heavy (non-hydrogen) atoms. The van der Waals surface area contributed by atoms with Gasteiger partial charge < -0.3 is 10.1 Å². The van der Waals surface area contributed by atoms with E-state index in [-0.39, 0.29) is 11.6 Å². The van der Waals surface area contributed by atoms with Gasteiger partial charge in [-0.1, -0.05) is 4.98 Å². The van der Waals surface area contributed by atoms with Crippen LogP contribution in [0.5, 0.6) is 0 Å². The highest BCUT2D eigenvalue weighted by Gasteiger charge is 2.17. The lowest BCUT2D eigenvalue weighted by molar-refractivity contribution is -0.422. The van der Waals surface area contributed by atoms with E-state index in [2.05, 4.69) is 4.98 Å². The second-order valence-electron chi connectivity index (χ2n) is 2.84. The first-order valence-electron chi connectivity index (χ1n) is 3.92. The first-order valence-corrected chi connectivity index (χ1v) is 3.92. The SMILES string of the molecule is C/C(=C\c1cnc([N+](=O)[O-])n1C)[N+](=O)[O-]. The highest BCUT2D eigenvalue weighted by Crippen LogP contribution is 2.13. The van der Waals surface area contributed by atoms with Gasteiger partial charge in [0.15, 0.2) is 0 Å². The maximum atomic E-state index is 10.4. The molecule has 80 valence electrons. The minimum absolute atomic E-state index is 0.104. The summed E-state index contributed by atoms with van der Waals surface area (Å²) in [7, 11) is 1.42. The van der Waals surface area contributed by atoms with Gasteiger partial charge in [-0.25, -0.2) is 4.57 Å². The van der Waals surface area contributed by atoms with Gasteiger partial charge in [0.25, 0.3) is 0 Å². The van der Waals surface area contributed by atoms with Crippen molar-refractivity contribution in [3.63, 3.8) is 0 Å². The fourth-order valence-corrected chi connectivity index (χ4v) is 0.983. The number of hydrogen-bond acceptors (Lipinski definition) is 5. The van der Waals surface area contributed by atoms with Crippen LogP contribution in [-0.2, 0) is 7.05 Å². The molecule has 0 saturated heterocycles. The molecule has 0 aliphatic carbocycles. The Morgan fingerprint density at radius 2 is 2.13 bits per heavy atom. The molecule has 1 heterocycles. The topological polar surface area (TPSA) is 104 Å².